The largest absolute Gasteiger partial charge is 0.379 e. The fourth-order valence-electron chi connectivity index (χ4n) is 3.61. The lowest BCUT2D eigenvalue weighted by molar-refractivity contribution is -0.121. The van der Waals surface area contributed by atoms with Crippen molar-refractivity contribution >= 4 is 33.2 Å². The molecule has 2 aliphatic heterocycles. The molecule has 0 aromatic heterocycles. The van der Waals surface area contributed by atoms with Crippen LogP contribution in [0.2, 0.25) is 5.02 Å². The topological polar surface area (TPSA) is 103 Å². The van der Waals surface area contributed by atoms with Gasteiger partial charge in [0.15, 0.2) is 0 Å². The van der Waals surface area contributed by atoms with Crippen molar-refractivity contribution in [2.45, 2.75) is 24.2 Å². The van der Waals surface area contributed by atoms with Crippen molar-refractivity contribution in [3.63, 3.8) is 0 Å². The van der Waals surface area contributed by atoms with Gasteiger partial charge < -0.3 is 15.0 Å². The number of benzene rings is 1. The van der Waals surface area contributed by atoms with Gasteiger partial charge in [0, 0.05) is 32.6 Å². The van der Waals surface area contributed by atoms with Crippen molar-refractivity contribution in [1.29, 1.82) is 5.26 Å². The Labute approximate surface area is 176 Å². The van der Waals surface area contributed by atoms with E-state index in [9.17, 15) is 13.2 Å². The molecule has 158 valence electrons. The quantitative estimate of drug-likeness (QED) is 0.724. The maximum atomic E-state index is 12.9. The van der Waals surface area contributed by atoms with E-state index in [-0.39, 0.29) is 21.7 Å². The molecule has 0 spiro atoms. The average Bonchev–Trinajstić information content (AvgIpc) is 2.74. The van der Waals surface area contributed by atoms with E-state index in [0.29, 0.717) is 51.5 Å². The number of amides is 1. The van der Waals surface area contributed by atoms with Crippen LogP contribution in [0.4, 0.5) is 5.69 Å². The zero-order valence-electron chi connectivity index (χ0n) is 16.1. The molecule has 1 unspecified atom stereocenters. The number of nitrogens with zero attached hydrogens (tertiary/aromatic N) is 3. The van der Waals surface area contributed by atoms with Crippen molar-refractivity contribution in [3.8, 4) is 6.07 Å². The molecule has 2 heterocycles. The van der Waals surface area contributed by atoms with Crippen molar-refractivity contribution < 1.29 is 17.9 Å². The van der Waals surface area contributed by atoms with Gasteiger partial charge in [-0.25, -0.2) is 8.42 Å². The molecule has 0 saturated carbocycles. The number of hydrogen-bond acceptors (Lipinski definition) is 6. The van der Waals surface area contributed by atoms with Gasteiger partial charge in [-0.1, -0.05) is 11.6 Å². The van der Waals surface area contributed by atoms with Gasteiger partial charge >= 0.3 is 0 Å². The molecular weight excluding hydrogens is 416 g/mol. The number of halogens is 1. The summed E-state index contributed by atoms with van der Waals surface area (Å²) in [6.45, 7) is 3.42. The van der Waals surface area contributed by atoms with Gasteiger partial charge in [0.1, 0.15) is 0 Å². The molecule has 1 N–H and O–H groups in total. The van der Waals surface area contributed by atoms with Crippen molar-refractivity contribution in [1.82, 2.24) is 9.21 Å². The molecule has 8 nitrogen and oxygen atoms in total. The summed E-state index contributed by atoms with van der Waals surface area (Å²) < 4.78 is 32.3. The maximum Gasteiger partial charge on any atom is 0.243 e. The predicted molar refractivity (Wildman–Crippen MR) is 109 cm³/mol. The Balaban J connectivity index is 1.71. The fraction of sp³-hybridized carbons (Fsp3) is 0.579. The number of nitrogens with one attached hydrogen (secondary N) is 1. The lowest BCUT2D eigenvalue weighted by Crippen LogP contribution is -2.41. The molecule has 10 heteroatoms. The first-order valence-electron chi connectivity index (χ1n) is 9.69. The third-order valence-corrected chi connectivity index (χ3v) is 7.44. The lowest BCUT2D eigenvalue weighted by atomic mass is 9.97. The van der Waals surface area contributed by atoms with E-state index in [1.165, 1.54) is 22.5 Å². The highest BCUT2D eigenvalue weighted by Gasteiger charge is 2.29. The third-order valence-electron chi connectivity index (χ3n) is 5.22. The zero-order chi connectivity index (χ0) is 20.9. The van der Waals surface area contributed by atoms with Gasteiger partial charge in [0.05, 0.1) is 40.8 Å². The molecule has 0 radical (unpaired) electrons. The Bertz CT molecular complexity index is 881. The average molecular weight is 441 g/mol. The molecule has 3 rings (SSSR count). The Hall–Kier alpha value is -1.70. The molecule has 2 aliphatic rings. The smallest absolute Gasteiger partial charge is 0.243 e. The lowest BCUT2D eigenvalue weighted by Gasteiger charge is -2.31. The van der Waals surface area contributed by atoms with Gasteiger partial charge in [0.2, 0.25) is 15.9 Å². The number of piperidine rings is 1. The minimum atomic E-state index is -3.68. The highest BCUT2D eigenvalue weighted by atomic mass is 35.5. The first kappa shape index (κ1) is 22.0. The minimum Gasteiger partial charge on any atom is -0.379 e. The van der Waals surface area contributed by atoms with Gasteiger partial charge in [-0.15, -0.1) is 0 Å². The number of sulfonamides is 1. The monoisotopic (exact) mass is 440 g/mol. The van der Waals surface area contributed by atoms with E-state index in [1.54, 1.807) is 0 Å². The standard InChI is InChI=1S/C19H25ClN4O4S/c20-17-5-4-16(29(26,27)24-9-11-28-12-10-24)13-18(17)22-19(25)15-3-1-7-23(14-15)8-2-6-21/h4-5,13,15H,1-3,7-12,14H2,(H,22,25). The number of likely N-dealkylation sites (tertiary alicyclic amines) is 1. The summed E-state index contributed by atoms with van der Waals surface area (Å²) in [4.78, 5) is 15.0. The number of morpholine rings is 1. The summed E-state index contributed by atoms with van der Waals surface area (Å²) in [5, 5.41) is 11.8. The third kappa shape index (κ3) is 5.47. The summed E-state index contributed by atoms with van der Waals surface area (Å²) in [6, 6.07) is 6.49. The van der Waals surface area contributed by atoms with Crippen LogP contribution < -0.4 is 5.32 Å². The van der Waals surface area contributed by atoms with E-state index < -0.39 is 10.0 Å². The van der Waals surface area contributed by atoms with Crippen LogP contribution in [0.25, 0.3) is 0 Å². The van der Waals surface area contributed by atoms with E-state index in [1.807, 2.05) is 0 Å². The van der Waals surface area contributed by atoms with Crippen LogP contribution in [-0.4, -0.2) is 69.5 Å². The molecule has 0 aliphatic carbocycles. The predicted octanol–water partition coefficient (Wildman–Crippen LogP) is 1.93. The van der Waals surface area contributed by atoms with Gasteiger partial charge in [-0.2, -0.15) is 9.57 Å². The molecule has 29 heavy (non-hydrogen) atoms. The van der Waals surface area contributed by atoms with E-state index in [0.717, 1.165) is 19.4 Å². The zero-order valence-corrected chi connectivity index (χ0v) is 17.7. The number of carbonyl (C=O) groups is 1. The van der Waals surface area contributed by atoms with Crippen LogP contribution in [0, 0.1) is 17.2 Å². The van der Waals surface area contributed by atoms with E-state index in [2.05, 4.69) is 16.3 Å². The second-order valence-electron chi connectivity index (χ2n) is 7.20. The Kier molecular flexibility index (Phi) is 7.49. The molecule has 1 amide bonds. The molecule has 2 fully saturated rings. The summed E-state index contributed by atoms with van der Waals surface area (Å²) in [7, 11) is -3.68. The highest BCUT2D eigenvalue weighted by Crippen LogP contribution is 2.28. The molecule has 1 atom stereocenters. The number of carbonyl (C=O) groups excluding carboxylic acids is 1. The van der Waals surface area contributed by atoms with Crippen LogP contribution in [0.5, 0.6) is 0 Å². The Morgan fingerprint density at radius 3 is 2.79 bits per heavy atom. The number of anilines is 1. The molecule has 1 aromatic carbocycles. The van der Waals surface area contributed by atoms with Gasteiger partial charge in [-0.3, -0.25) is 4.79 Å². The summed E-state index contributed by atoms with van der Waals surface area (Å²) in [5.74, 6) is -0.410. The molecule has 1 aromatic rings. The Morgan fingerprint density at radius 2 is 2.07 bits per heavy atom. The van der Waals surface area contributed by atoms with Gasteiger partial charge in [0.25, 0.3) is 0 Å². The second kappa shape index (κ2) is 9.87. The number of rotatable bonds is 6. The van der Waals surface area contributed by atoms with Gasteiger partial charge in [-0.05, 0) is 37.6 Å². The SMILES string of the molecule is N#CCCN1CCCC(C(=O)Nc2cc(S(=O)(=O)N3CCOCC3)ccc2Cl)C1. The van der Waals surface area contributed by atoms with Crippen molar-refractivity contribution in [2.24, 2.45) is 5.92 Å². The molecule has 2 saturated heterocycles. The number of ether oxygens (including phenoxy) is 1. The minimum absolute atomic E-state index is 0.0957. The van der Waals surface area contributed by atoms with Crippen LogP contribution in [0.3, 0.4) is 0 Å². The van der Waals surface area contributed by atoms with Crippen LogP contribution in [-0.2, 0) is 19.6 Å². The summed E-state index contributed by atoms with van der Waals surface area (Å²) in [6.07, 6.45) is 2.06. The van der Waals surface area contributed by atoms with Crippen molar-refractivity contribution in [3.05, 3.63) is 23.2 Å². The van der Waals surface area contributed by atoms with Crippen molar-refractivity contribution in [2.75, 3.05) is 51.3 Å². The second-order valence-corrected chi connectivity index (χ2v) is 9.54. The van der Waals surface area contributed by atoms with E-state index in [4.69, 9.17) is 21.6 Å². The molecule has 0 bridgehead atoms. The number of nitriles is 1. The number of hydrogen-bond donors (Lipinski definition) is 1. The first-order chi connectivity index (χ1) is 13.9. The summed E-state index contributed by atoms with van der Waals surface area (Å²) >= 11 is 6.22. The molecular formula is C19H25ClN4O4S. The fourth-order valence-corrected chi connectivity index (χ4v) is 5.21. The normalized spacial score (nSPS) is 21.4. The Morgan fingerprint density at radius 1 is 1.31 bits per heavy atom. The van der Waals surface area contributed by atoms with E-state index >= 15 is 0 Å². The van der Waals surface area contributed by atoms with Crippen LogP contribution in [0.15, 0.2) is 23.1 Å². The first-order valence-corrected chi connectivity index (χ1v) is 11.5. The maximum absolute atomic E-state index is 12.9. The summed E-state index contributed by atoms with van der Waals surface area (Å²) in [5.41, 5.74) is 0.292. The highest BCUT2D eigenvalue weighted by molar-refractivity contribution is 7.89. The van der Waals surface area contributed by atoms with Crippen LogP contribution in [0.1, 0.15) is 19.3 Å². The van der Waals surface area contributed by atoms with Crippen LogP contribution >= 0.6 is 11.6 Å².